The molecule has 35 heavy (non-hydrogen) atoms. The van der Waals surface area contributed by atoms with Gasteiger partial charge < -0.3 is 20.5 Å². The van der Waals surface area contributed by atoms with Gasteiger partial charge in [-0.2, -0.15) is 0 Å². The number of aryl methyl sites for hydroxylation is 1. The van der Waals surface area contributed by atoms with Crippen LogP contribution < -0.4 is 20.5 Å². The first-order valence-electron chi connectivity index (χ1n) is 10.4. The molecule has 0 fully saturated rings. The van der Waals surface area contributed by atoms with Crippen LogP contribution in [-0.4, -0.2) is 33.0 Å². The summed E-state index contributed by atoms with van der Waals surface area (Å²) < 4.78 is 26.0. The van der Waals surface area contributed by atoms with Gasteiger partial charge in [0.2, 0.25) is 5.91 Å². The van der Waals surface area contributed by atoms with E-state index in [2.05, 4.69) is 31.8 Å². The Kier molecular flexibility index (Phi) is 6.63. The standard InChI is InChI=1S/C25H21FN6O3/c1-4-21(33)32-16-6-7-17(20(12-16)34-3)23-22(24(27)30-13-29-23)15-5-8-19(18(26)11-15)35-25-28-10-9-14(2)31-25/h4-13H,1H2,2-3H3,(H,32,33)(H2,27,29,30). The highest BCUT2D eigenvalue weighted by Gasteiger charge is 2.19. The Balaban J connectivity index is 1.74. The molecule has 0 aliphatic carbocycles. The summed E-state index contributed by atoms with van der Waals surface area (Å²) in [6.45, 7) is 5.22. The maximum absolute atomic E-state index is 15.0. The quantitative estimate of drug-likeness (QED) is 0.375. The maximum Gasteiger partial charge on any atom is 0.322 e. The number of nitrogens with one attached hydrogen (secondary N) is 1. The van der Waals surface area contributed by atoms with Crippen molar-refractivity contribution in [3.05, 3.63) is 79.2 Å². The Bertz CT molecular complexity index is 1430. The van der Waals surface area contributed by atoms with Crippen molar-refractivity contribution in [2.24, 2.45) is 0 Å². The number of nitrogens with two attached hydrogens (primary N) is 1. The van der Waals surface area contributed by atoms with Gasteiger partial charge in [-0.15, -0.1) is 0 Å². The third-order valence-electron chi connectivity index (χ3n) is 4.98. The van der Waals surface area contributed by atoms with E-state index in [4.69, 9.17) is 15.2 Å². The molecule has 0 saturated carbocycles. The second-order valence-corrected chi connectivity index (χ2v) is 7.32. The van der Waals surface area contributed by atoms with E-state index < -0.39 is 5.82 Å². The smallest absolute Gasteiger partial charge is 0.322 e. The van der Waals surface area contributed by atoms with Crippen LogP contribution in [0.1, 0.15) is 5.69 Å². The molecule has 4 rings (SSSR count). The van der Waals surface area contributed by atoms with Gasteiger partial charge in [0.15, 0.2) is 11.6 Å². The van der Waals surface area contributed by atoms with Gasteiger partial charge in [0.1, 0.15) is 17.9 Å². The number of anilines is 2. The summed E-state index contributed by atoms with van der Waals surface area (Å²) >= 11 is 0. The summed E-state index contributed by atoms with van der Waals surface area (Å²) in [5.41, 5.74) is 9.22. The second kappa shape index (κ2) is 9.96. The normalized spacial score (nSPS) is 10.5. The lowest BCUT2D eigenvalue weighted by atomic mass is 9.98. The number of rotatable bonds is 7. The number of amides is 1. The van der Waals surface area contributed by atoms with Crippen molar-refractivity contribution in [3.8, 4) is 39.9 Å². The Hall–Kier alpha value is -4.86. The van der Waals surface area contributed by atoms with Crippen LogP contribution in [0.15, 0.2) is 67.6 Å². The van der Waals surface area contributed by atoms with Gasteiger partial charge in [-0.25, -0.2) is 24.3 Å². The van der Waals surface area contributed by atoms with Crippen LogP contribution in [0.4, 0.5) is 15.9 Å². The average molecular weight is 472 g/mol. The van der Waals surface area contributed by atoms with Crippen molar-refractivity contribution in [2.75, 3.05) is 18.2 Å². The minimum absolute atomic E-state index is 0.0354. The van der Waals surface area contributed by atoms with Gasteiger partial charge >= 0.3 is 6.01 Å². The van der Waals surface area contributed by atoms with E-state index in [1.54, 1.807) is 37.3 Å². The highest BCUT2D eigenvalue weighted by atomic mass is 19.1. The van der Waals surface area contributed by atoms with E-state index >= 15 is 4.39 Å². The third kappa shape index (κ3) is 5.06. The Morgan fingerprint density at radius 1 is 1.11 bits per heavy atom. The summed E-state index contributed by atoms with van der Waals surface area (Å²) in [5.74, 6) is -0.479. The van der Waals surface area contributed by atoms with E-state index in [9.17, 15) is 4.79 Å². The molecule has 1 amide bonds. The molecule has 10 heteroatoms. The fraction of sp³-hybridized carbons (Fsp3) is 0.0800. The topological polar surface area (TPSA) is 125 Å². The summed E-state index contributed by atoms with van der Waals surface area (Å²) in [6, 6.07) is 11.1. The SMILES string of the molecule is C=CC(=O)Nc1ccc(-c2ncnc(N)c2-c2ccc(Oc3nccc(C)n3)c(F)c2)c(OC)c1. The number of nitrogen functional groups attached to an aromatic ring is 1. The molecule has 0 atom stereocenters. The first-order valence-corrected chi connectivity index (χ1v) is 10.4. The number of carbonyl (C=O) groups is 1. The number of hydrogen-bond acceptors (Lipinski definition) is 8. The molecule has 3 N–H and O–H groups in total. The molecule has 0 aliphatic rings. The van der Waals surface area contributed by atoms with Crippen LogP contribution >= 0.6 is 0 Å². The zero-order valence-corrected chi connectivity index (χ0v) is 18.9. The molecule has 0 spiro atoms. The van der Waals surface area contributed by atoms with Crippen LogP contribution in [0.3, 0.4) is 0 Å². The Labute approximate surface area is 200 Å². The predicted octanol–water partition coefficient (Wildman–Crippen LogP) is 4.56. The molecule has 9 nitrogen and oxygen atoms in total. The summed E-state index contributed by atoms with van der Waals surface area (Å²) in [7, 11) is 1.49. The molecule has 176 valence electrons. The molecule has 0 saturated heterocycles. The summed E-state index contributed by atoms with van der Waals surface area (Å²) in [4.78, 5) is 28.2. The predicted molar refractivity (Wildman–Crippen MR) is 129 cm³/mol. The molecule has 4 aromatic rings. The van der Waals surface area contributed by atoms with Crippen LogP contribution in [-0.2, 0) is 4.79 Å². The molecule has 2 heterocycles. The number of nitrogens with zero attached hydrogens (tertiary/aromatic N) is 4. The molecule has 2 aromatic heterocycles. The lowest BCUT2D eigenvalue weighted by molar-refractivity contribution is -0.111. The van der Waals surface area contributed by atoms with E-state index in [0.717, 1.165) is 6.08 Å². The first kappa shape index (κ1) is 23.3. The first-order chi connectivity index (χ1) is 16.9. The van der Waals surface area contributed by atoms with Gasteiger partial charge in [0.25, 0.3) is 0 Å². The van der Waals surface area contributed by atoms with Crippen LogP contribution in [0.2, 0.25) is 0 Å². The molecule has 2 aromatic carbocycles. The number of aromatic nitrogens is 4. The van der Waals surface area contributed by atoms with Crippen molar-refractivity contribution in [3.63, 3.8) is 0 Å². The number of benzene rings is 2. The second-order valence-electron chi connectivity index (χ2n) is 7.32. The third-order valence-corrected chi connectivity index (χ3v) is 4.98. The van der Waals surface area contributed by atoms with Crippen molar-refractivity contribution in [1.82, 2.24) is 19.9 Å². The van der Waals surface area contributed by atoms with Crippen LogP contribution in [0, 0.1) is 12.7 Å². The lowest BCUT2D eigenvalue weighted by Gasteiger charge is -2.15. The molecular formula is C25H21FN6O3. The molecule has 0 bridgehead atoms. The van der Waals surface area contributed by atoms with Gasteiger partial charge in [0.05, 0.1) is 18.4 Å². The lowest BCUT2D eigenvalue weighted by Crippen LogP contribution is -2.07. The fourth-order valence-electron chi connectivity index (χ4n) is 3.36. The number of hydrogen-bond donors (Lipinski definition) is 2. The number of halogens is 1. The van der Waals surface area contributed by atoms with Gasteiger partial charge in [-0.3, -0.25) is 4.79 Å². The number of carbonyl (C=O) groups excluding carboxylic acids is 1. The van der Waals surface area contributed by atoms with Gasteiger partial charge in [0, 0.05) is 29.2 Å². The summed E-state index contributed by atoms with van der Waals surface area (Å²) in [6.07, 6.45) is 4.00. The van der Waals surface area contributed by atoms with Crippen molar-refractivity contribution in [2.45, 2.75) is 6.92 Å². The highest BCUT2D eigenvalue weighted by Crippen LogP contribution is 2.40. The van der Waals surface area contributed by atoms with E-state index in [1.807, 2.05) is 0 Å². The number of ether oxygens (including phenoxy) is 2. The zero-order valence-electron chi connectivity index (χ0n) is 18.9. The van der Waals surface area contributed by atoms with Crippen molar-refractivity contribution < 1.29 is 18.7 Å². The fourth-order valence-corrected chi connectivity index (χ4v) is 3.36. The van der Waals surface area contributed by atoms with Crippen LogP contribution in [0.25, 0.3) is 22.4 Å². The molecular weight excluding hydrogens is 451 g/mol. The molecule has 0 unspecified atom stereocenters. The van der Waals surface area contributed by atoms with Crippen LogP contribution in [0.5, 0.6) is 17.5 Å². The zero-order chi connectivity index (χ0) is 24.9. The summed E-state index contributed by atoms with van der Waals surface area (Å²) in [5, 5.41) is 2.67. The number of methoxy groups -OCH3 is 1. The van der Waals surface area contributed by atoms with E-state index in [1.165, 1.54) is 31.8 Å². The molecule has 0 radical (unpaired) electrons. The van der Waals surface area contributed by atoms with Crippen molar-refractivity contribution >= 4 is 17.4 Å². The highest BCUT2D eigenvalue weighted by molar-refractivity contribution is 5.99. The minimum atomic E-state index is -0.642. The largest absolute Gasteiger partial charge is 0.496 e. The van der Waals surface area contributed by atoms with Gasteiger partial charge in [-0.1, -0.05) is 12.6 Å². The van der Waals surface area contributed by atoms with Crippen molar-refractivity contribution in [1.29, 1.82) is 0 Å². The maximum atomic E-state index is 15.0. The van der Waals surface area contributed by atoms with E-state index in [0.29, 0.717) is 39.5 Å². The Morgan fingerprint density at radius 2 is 1.94 bits per heavy atom. The van der Waals surface area contributed by atoms with Gasteiger partial charge in [-0.05, 0) is 48.9 Å². The minimum Gasteiger partial charge on any atom is -0.496 e. The Morgan fingerprint density at radius 3 is 2.66 bits per heavy atom. The monoisotopic (exact) mass is 472 g/mol. The molecule has 0 aliphatic heterocycles. The average Bonchev–Trinajstić information content (AvgIpc) is 2.85. The van der Waals surface area contributed by atoms with E-state index in [-0.39, 0.29) is 23.5 Å².